The molecule has 0 saturated carbocycles. The Labute approximate surface area is 155 Å². The number of carbonyl (C=O) groups is 1. The van der Waals surface area contributed by atoms with Crippen molar-refractivity contribution in [3.05, 3.63) is 29.8 Å². The lowest BCUT2D eigenvalue weighted by Crippen LogP contribution is -2.50. The van der Waals surface area contributed by atoms with Crippen LogP contribution in [0.4, 0.5) is 5.69 Å². The van der Waals surface area contributed by atoms with Gasteiger partial charge in [-0.15, -0.1) is 0 Å². The summed E-state index contributed by atoms with van der Waals surface area (Å²) in [5, 5.41) is 0. The third-order valence-corrected chi connectivity index (χ3v) is 7.86. The van der Waals surface area contributed by atoms with E-state index < -0.39 is 10.0 Å². The Balaban J connectivity index is 1.56. The van der Waals surface area contributed by atoms with Gasteiger partial charge in [0.25, 0.3) is 5.91 Å². The van der Waals surface area contributed by atoms with Gasteiger partial charge in [0.2, 0.25) is 10.0 Å². The van der Waals surface area contributed by atoms with Crippen LogP contribution in [0.2, 0.25) is 0 Å². The van der Waals surface area contributed by atoms with E-state index >= 15 is 0 Å². The molecule has 0 aromatic heterocycles. The lowest BCUT2D eigenvalue weighted by molar-refractivity contribution is -0.142. The first-order valence-electron chi connectivity index (χ1n) is 9.47. The predicted octanol–water partition coefficient (Wildman–Crippen LogP) is 1.90. The molecule has 1 amide bonds. The number of amides is 1. The zero-order chi connectivity index (χ0) is 18.4. The van der Waals surface area contributed by atoms with Gasteiger partial charge < -0.3 is 9.64 Å². The minimum absolute atomic E-state index is 0.0983. The van der Waals surface area contributed by atoms with Crippen LogP contribution in [0.3, 0.4) is 0 Å². The maximum absolute atomic E-state index is 12.6. The standard InChI is InChI=1S/C19H26N2O4S/c1-2-26(23,24)21-14-19(15-6-3-4-7-16(15)21)9-11-20(12-10-19)18(22)17-8-5-13-25-17/h3-4,6-7,17H,2,5,8-14H2,1H3/t17-/m0/s1. The van der Waals surface area contributed by atoms with Crippen molar-refractivity contribution in [1.29, 1.82) is 0 Å². The smallest absolute Gasteiger partial charge is 0.251 e. The highest BCUT2D eigenvalue weighted by Crippen LogP contribution is 2.48. The van der Waals surface area contributed by atoms with Gasteiger partial charge in [0.15, 0.2) is 0 Å². The topological polar surface area (TPSA) is 66.9 Å². The highest BCUT2D eigenvalue weighted by atomic mass is 32.2. The van der Waals surface area contributed by atoms with Crippen LogP contribution in [0.25, 0.3) is 0 Å². The number of anilines is 1. The number of fused-ring (bicyclic) bond motifs is 2. The van der Waals surface area contributed by atoms with Crippen LogP contribution in [0.1, 0.15) is 38.2 Å². The normalized spacial score (nSPS) is 24.9. The Kier molecular flexibility index (Phi) is 4.47. The van der Waals surface area contributed by atoms with E-state index in [1.54, 1.807) is 11.2 Å². The van der Waals surface area contributed by atoms with Crippen molar-refractivity contribution in [3.63, 3.8) is 0 Å². The molecule has 1 atom stereocenters. The predicted molar refractivity (Wildman–Crippen MR) is 99.7 cm³/mol. The number of ether oxygens (including phenoxy) is 1. The first-order valence-corrected chi connectivity index (χ1v) is 11.1. The number of piperidine rings is 1. The van der Waals surface area contributed by atoms with Crippen LogP contribution in [-0.2, 0) is 25.0 Å². The molecule has 3 aliphatic heterocycles. The molecule has 3 aliphatic rings. The summed E-state index contributed by atoms with van der Waals surface area (Å²) < 4.78 is 32.3. The number of benzene rings is 1. The third-order valence-electron chi connectivity index (χ3n) is 6.13. The Morgan fingerprint density at radius 3 is 2.65 bits per heavy atom. The fourth-order valence-electron chi connectivity index (χ4n) is 4.55. The fraction of sp³-hybridized carbons (Fsp3) is 0.632. The number of para-hydroxylation sites is 1. The van der Waals surface area contributed by atoms with Gasteiger partial charge in [0, 0.05) is 31.7 Å². The molecule has 0 radical (unpaired) electrons. The second-order valence-corrected chi connectivity index (χ2v) is 9.71. The molecule has 4 rings (SSSR count). The average Bonchev–Trinajstić information content (AvgIpc) is 3.30. The molecule has 142 valence electrons. The van der Waals surface area contributed by atoms with E-state index in [-0.39, 0.29) is 23.2 Å². The zero-order valence-corrected chi connectivity index (χ0v) is 16.0. The largest absolute Gasteiger partial charge is 0.368 e. The van der Waals surface area contributed by atoms with Crippen molar-refractivity contribution in [3.8, 4) is 0 Å². The van der Waals surface area contributed by atoms with E-state index in [0.717, 1.165) is 36.9 Å². The summed E-state index contributed by atoms with van der Waals surface area (Å²) in [6, 6.07) is 7.83. The molecule has 0 unspecified atom stereocenters. The molecule has 6 nitrogen and oxygen atoms in total. The summed E-state index contributed by atoms with van der Waals surface area (Å²) in [6.07, 6.45) is 3.06. The van der Waals surface area contributed by atoms with Gasteiger partial charge in [-0.05, 0) is 44.2 Å². The van der Waals surface area contributed by atoms with Gasteiger partial charge in [-0.2, -0.15) is 0 Å². The summed E-state index contributed by atoms with van der Waals surface area (Å²) in [4.78, 5) is 14.5. The van der Waals surface area contributed by atoms with Gasteiger partial charge in [-0.3, -0.25) is 9.10 Å². The van der Waals surface area contributed by atoms with Crippen molar-refractivity contribution in [1.82, 2.24) is 4.90 Å². The molecule has 1 spiro atoms. The Morgan fingerprint density at radius 1 is 1.27 bits per heavy atom. The average molecular weight is 378 g/mol. The van der Waals surface area contributed by atoms with Crippen molar-refractivity contribution in [2.75, 3.05) is 36.3 Å². The molecule has 0 bridgehead atoms. The van der Waals surface area contributed by atoms with Crippen LogP contribution in [0.15, 0.2) is 24.3 Å². The van der Waals surface area contributed by atoms with Crippen molar-refractivity contribution >= 4 is 21.6 Å². The number of rotatable bonds is 3. The fourth-order valence-corrected chi connectivity index (χ4v) is 5.76. The summed E-state index contributed by atoms with van der Waals surface area (Å²) >= 11 is 0. The molecule has 0 aliphatic carbocycles. The molecule has 3 heterocycles. The first-order chi connectivity index (χ1) is 12.5. The molecule has 1 aromatic rings. The van der Waals surface area contributed by atoms with Gasteiger partial charge in [-0.1, -0.05) is 18.2 Å². The van der Waals surface area contributed by atoms with Crippen LogP contribution in [0, 0.1) is 0 Å². The molecule has 1 aromatic carbocycles. The Bertz CT molecular complexity index is 794. The number of nitrogens with zero attached hydrogens (tertiary/aromatic N) is 2. The summed E-state index contributed by atoms with van der Waals surface area (Å²) in [5.74, 6) is 0.197. The second-order valence-electron chi connectivity index (χ2n) is 7.53. The monoisotopic (exact) mass is 378 g/mol. The highest BCUT2D eigenvalue weighted by Gasteiger charge is 2.48. The van der Waals surface area contributed by atoms with E-state index in [4.69, 9.17) is 4.74 Å². The lowest BCUT2D eigenvalue weighted by Gasteiger charge is -2.40. The molecule has 2 fully saturated rings. The maximum Gasteiger partial charge on any atom is 0.251 e. The maximum atomic E-state index is 12.6. The number of hydrogen-bond acceptors (Lipinski definition) is 4. The minimum Gasteiger partial charge on any atom is -0.368 e. The van der Waals surface area contributed by atoms with Crippen molar-refractivity contribution in [2.24, 2.45) is 0 Å². The van der Waals surface area contributed by atoms with E-state index in [2.05, 4.69) is 6.07 Å². The number of hydrogen-bond donors (Lipinski definition) is 0. The second kappa shape index (κ2) is 6.53. The molecule has 26 heavy (non-hydrogen) atoms. The first kappa shape index (κ1) is 17.8. The SMILES string of the molecule is CCS(=O)(=O)N1CC2(CCN(C(=O)[C@@H]3CCCO3)CC2)c2ccccc21. The van der Waals surface area contributed by atoms with E-state index in [1.807, 2.05) is 23.1 Å². The number of likely N-dealkylation sites (tertiary alicyclic amines) is 1. The highest BCUT2D eigenvalue weighted by molar-refractivity contribution is 7.92. The Hall–Kier alpha value is -1.60. The van der Waals surface area contributed by atoms with Crippen LogP contribution in [-0.4, -0.2) is 57.3 Å². The summed E-state index contributed by atoms with van der Waals surface area (Å²) in [5.41, 5.74) is 1.74. The molecular weight excluding hydrogens is 352 g/mol. The Morgan fingerprint density at radius 2 is 2.00 bits per heavy atom. The van der Waals surface area contributed by atoms with Crippen LogP contribution in [0.5, 0.6) is 0 Å². The molecule has 2 saturated heterocycles. The van der Waals surface area contributed by atoms with Gasteiger partial charge in [-0.25, -0.2) is 8.42 Å². The van der Waals surface area contributed by atoms with Crippen LogP contribution < -0.4 is 4.31 Å². The van der Waals surface area contributed by atoms with Gasteiger partial charge >= 0.3 is 0 Å². The summed E-state index contributed by atoms with van der Waals surface area (Å²) in [6.45, 7) is 4.17. The van der Waals surface area contributed by atoms with E-state index in [0.29, 0.717) is 26.2 Å². The lowest BCUT2D eigenvalue weighted by atomic mass is 9.74. The van der Waals surface area contributed by atoms with Crippen molar-refractivity contribution < 1.29 is 17.9 Å². The van der Waals surface area contributed by atoms with E-state index in [1.165, 1.54) is 0 Å². The summed E-state index contributed by atoms with van der Waals surface area (Å²) in [7, 11) is -3.30. The number of sulfonamides is 1. The molecule has 7 heteroatoms. The minimum atomic E-state index is -3.30. The third kappa shape index (κ3) is 2.81. The van der Waals surface area contributed by atoms with Crippen LogP contribution >= 0.6 is 0 Å². The van der Waals surface area contributed by atoms with Crippen molar-refractivity contribution in [2.45, 2.75) is 44.1 Å². The van der Waals surface area contributed by atoms with Gasteiger partial charge in [0.1, 0.15) is 6.10 Å². The molecular formula is C19H26N2O4S. The quantitative estimate of drug-likeness (QED) is 0.806. The van der Waals surface area contributed by atoms with Gasteiger partial charge in [0.05, 0.1) is 11.4 Å². The van der Waals surface area contributed by atoms with E-state index in [9.17, 15) is 13.2 Å². The molecule has 0 N–H and O–H groups in total. The zero-order valence-electron chi connectivity index (χ0n) is 15.2. The number of carbonyl (C=O) groups excluding carboxylic acids is 1.